The minimum absolute atomic E-state index is 0.163. The van der Waals surface area contributed by atoms with Crippen LogP contribution in [-0.4, -0.2) is 49.2 Å². The van der Waals surface area contributed by atoms with E-state index in [0.717, 1.165) is 25.3 Å². The average Bonchev–Trinajstić information content (AvgIpc) is 3.19. The van der Waals surface area contributed by atoms with Gasteiger partial charge in [-0.25, -0.2) is 0 Å². The van der Waals surface area contributed by atoms with Crippen molar-refractivity contribution in [3.63, 3.8) is 0 Å². The zero-order valence-electron chi connectivity index (χ0n) is 14.0. The molecule has 0 spiro atoms. The number of esters is 1. The van der Waals surface area contributed by atoms with Crippen LogP contribution in [0.2, 0.25) is 0 Å². The summed E-state index contributed by atoms with van der Waals surface area (Å²) < 4.78 is 4.95. The van der Waals surface area contributed by atoms with Crippen molar-refractivity contribution in [2.45, 2.75) is 71.0 Å². The molecule has 0 aromatic carbocycles. The molecule has 4 heteroatoms. The monoisotopic (exact) mass is 284 g/mol. The molecule has 0 radical (unpaired) electrons. The third kappa shape index (κ3) is 5.06. The maximum atomic E-state index is 12.0. The van der Waals surface area contributed by atoms with E-state index in [9.17, 15) is 4.79 Å². The Labute approximate surface area is 124 Å². The first-order valence-corrected chi connectivity index (χ1v) is 7.86. The zero-order chi connectivity index (χ0) is 15.3. The van der Waals surface area contributed by atoms with Gasteiger partial charge in [-0.15, -0.1) is 0 Å². The van der Waals surface area contributed by atoms with Gasteiger partial charge in [-0.2, -0.15) is 0 Å². The van der Waals surface area contributed by atoms with Crippen molar-refractivity contribution in [1.82, 2.24) is 10.2 Å². The molecule has 1 fully saturated rings. The van der Waals surface area contributed by atoms with Crippen LogP contribution in [0.3, 0.4) is 0 Å². The number of hydrogen-bond acceptors (Lipinski definition) is 4. The Morgan fingerprint density at radius 1 is 1.40 bits per heavy atom. The number of nitrogens with zero attached hydrogens (tertiary/aromatic N) is 1. The average molecular weight is 284 g/mol. The summed E-state index contributed by atoms with van der Waals surface area (Å²) in [6.45, 7) is 9.40. The van der Waals surface area contributed by atoms with Crippen molar-refractivity contribution >= 4 is 5.97 Å². The molecule has 0 bridgehead atoms. The topological polar surface area (TPSA) is 41.6 Å². The van der Waals surface area contributed by atoms with E-state index in [-0.39, 0.29) is 12.0 Å². The minimum atomic E-state index is -0.577. The van der Waals surface area contributed by atoms with Crippen LogP contribution in [0.1, 0.15) is 53.4 Å². The third-order valence-electron chi connectivity index (χ3n) is 4.43. The molecule has 2 unspecified atom stereocenters. The molecule has 0 heterocycles. The Kier molecular flexibility index (Phi) is 6.46. The lowest BCUT2D eigenvalue weighted by Crippen LogP contribution is -2.53. The van der Waals surface area contributed by atoms with E-state index < -0.39 is 5.54 Å². The zero-order valence-corrected chi connectivity index (χ0v) is 14.0. The predicted molar refractivity (Wildman–Crippen MR) is 82.7 cm³/mol. The number of rotatable bonds is 9. The normalized spacial score (nSPS) is 20.0. The summed E-state index contributed by atoms with van der Waals surface area (Å²) in [4.78, 5) is 14.4. The Balaban J connectivity index is 2.43. The lowest BCUT2D eigenvalue weighted by molar-refractivity contribution is -0.148. The van der Waals surface area contributed by atoms with E-state index in [1.165, 1.54) is 20.0 Å². The van der Waals surface area contributed by atoms with Gasteiger partial charge in [0.05, 0.1) is 7.11 Å². The molecule has 1 saturated carbocycles. The minimum Gasteiger partial charge on any atom is -0.468 e. The highest BCUT2D eigenvalue weighted by Crippen LogP contribution is 2.34. The summed E-state index contributed by atoms with van der Waals surface area (Å²) in [7, 11) is 3.65. The van der Waals surface area contributed by atoms with Crippen LogP contribution >= 0.6 is 0 Å². The SMILES string of the molecule is COC(=O)C(C)(CCCN(C)C(C)C1CC1)NC(C)C. The molecule has 0 aromatic rings. The van der Waals surface area contributed by atoms with E-state index >= 15 is 0 Å². The van der Waals surface area contributed by atoms with Crippen molar-refractivity contribution in [1.29, 1.82) is 0 Å². The number of methoxy groups -OCH3 is 1. The van der Waals surface area contributed by atoms with Crippen molar-refractivity contribution in [2.24, 2.45) is 5.92 Å². The second-order valence-corrected chi connectivity index (χ2v) is 6.78. The Hall–Kier alpha value is -0.610. The van der Waals surface area contributed by atoms with E-state index in [1.54, 1.807) is 0 Å². The van der Waals surface area contributed by atoms with Gasteiger partial charge in [0.1, 0.15) is 5.54 Å². The lowest BCUT2D eigenvalue weighted by Gasteiger charge is -2.31. The van der Waals surface area contributed by atoms with Gasteiger partial charge in [-0.1, -0.05) is 0 Å². The van der Waals surface area contributed by atoms with Gasteiger partial charge >= 0.3 is 5.97 Å². The molecule has 0 saturated heterocycles. The van der Waals surface area contributed by atoms with Gasteiger partial charge in [0.2, 0.25) is 0 Å². The smallest absolute Gasteiger partial charge is 0.325 e. The van der Waals surface area contributed by atoms with Crippen LogP contribution in [0.25, 0.3) is 0 Å². The van der Waals surface area contributed by atoms with Gasteiger partial charge < -0.3 is 9.64 Å². The molecule has 0 aliphatic heterocycles. The maximum absolute atomic E-state index is 12.0. The van der Waals surface area contributed by atoms with Crippen molar-refractivity contribution < 1.29 is 9.53 Å². The highest BCUT2D eigenvalue weighted by atomic mass is 16.5. The van der Waals surface area contributed by atoms with E-state index in [4.69, 9.17) is 4.74 Å². The van der Waals surface area contributed by atoms with Crippen LogP contribution in [-0.2, 0) is 9.53 Å². The second-order valence-electron chi connectivity index (χ2n) is 6.78. The summed E-state index contributed by atoms with van der Waals surface area (Å²) in [6, 6.07) is 0.930. The summed E-state index contributed by atoms with van der Waals surface area (Å²) in [5.74, 6) is 0.727. The van der Waals surface area contributed by atoms with Crippen molar-refractivity contribution in [3.05, 3.63) is 0 Å². The number of hydrogen-bond donors (Lipinski definition) is 1. The molecule has 1 N–H and O–H groups in total. The van der Waals surface area contributed by atoms with Crippen LogP contribution in [0.4, 0.5) is 0 Å². The summed E-state index contributed by atoms with van der Waals surface area (Å²) in [6.07, 6.45) is 4.55. The van der Waals surface area contributed by atoms with E-state index in [1.807, 2.05) is 6.92 Å². The summed E-state index contributed by atoms with van der Waals surface area (Å²) in [5, 5.41) is 3.35. The van der Waals surface area contributed by atoms with Gasteiger partial charge in [0.25, 0.3) is 0 Å². The molecule has 1 rings (SSSR count). The summed E-state index contributed by atoms with van der Waals surface area (Å²) >= 11 is 0. The molecule has 4 nitrogen and oxygen atoms in total. The number of nitrogens with one attached hydrogen (secondary N) is 1. The molecular weight excluding hydrogens is 252 g/mol. The molecule has 2 atom stereocenters. The fourth-order valence-electron chi connectivity index (χ4n) is 2.92. The number of carbonyl (C=O) groups is 1. The van der Waals surface area contributed by atoms with Gasteiger partial charge in [-0.3, -0.25) is 10.1 Å². The Morgan fingerprint density at radius 3 is 2.45 bits per heavy atom. The first-order valence-electron chi connectivity index (χ1n) is 7.86. The van der Waals surface area contributed by atoms with Crippen LogP contribution in [0, 0.1) is 5.92 Å². The Morgan fingerprint density at radius 2 is 2.00 bits per heavy atom. The van der Waals surface area contributed by atoms with Gasteiger partial charge in [0, 0.05) is 12.1 Å². The highest BCUT2D eigenvalue weighted by Gasteiger charge is 2.35. The van der Waals surface area contributed by atoms with E-state index in [0.29, 0.717) is 6.04 Å². The molecule has 118 valence electrons. The molecule has 0 aromatic heterocycles. The number of ether oxygens (including phenoxy) is 1. The lowest BCUT2D eigenvalue weighted by atomic mass is 9.94. The molecule has 20 heavy (non-hydrogen) atoms. The van der Waals surface area contributed by atoms with Crippen LogP contribution in [0.5, 0.6) is 0 Å². The van der Waals surface area contributed by atoms with Crippen molar-refractivity contribution in [3.8, 4) is 0 Å². The first-order chi connectivity index (χ1) is 9.30. The Bertz CT molecular complexity index is 316. The molecule has 1 aliphatic rings. The maximum Gasteiger partial charge on any atom is 0.325 e. The van der Waals surface area contributed by atoms with E-state index in [2.05, 4.69) is 38.0 Å². The third-order valence-corrected chi connectivity index (χ3v) is 4.43. The standard InChI is InChI=1S/C16H32N2O2/c1-12(2)17-16(4,15(19)20-6)10-7-11-18(5)13(3)14-8-9-14/h12-14,17H,7-11H2,1-6H3. The van der Waals surface area contributed by atoms with Crippen LogP contribution < -0.4 is 5.32 Å². The second kappa shape index (κ2) is 7.41. The molecule has 0 amide bonds. The summed E-state index contributed by atoms with van der Waals surface area (Å²) in [5.41, 5.74) is -0.577. The van der Waals surface area contributed by atoms with Crippen LogP contribution in [0.15, 0.2) is 0 Å². The largest absolute Gasteiger partial charge is 0.468 e. The van der Waals surface area contributed by atoms with Gasteiger partial charge in [0.15, 0.2) is 0 Å². The fraction of sp³-hybridized carbons (Fsp3) is 0.938. The fourth-order valence-corrected chi connectivity index (χ4v) is 2.92. The van der Waals surface area contributed by atoms with Gasteiger partial charge in [-0.05, 0) is 72.9 Å². The van der Waals surface area contributed by atoms with Crippen molar-refractivity contribution in [2.75, 3.05) is 20.7 Å². The molecule has 1 aliphatic carbocycles. The predicted octanol–water partition coefficient (Wildman–Crippen LogP) is 2.43. The first kappa shape index (κ1) is 17.4. The number of carbonyl (C=O) groups excluding carboxylic acids is 1. The molecular formula is C16H32N2O2. The highest BCUT2D eigenvalue weighted by molar-refractivity contribution is 5.80. The quantitative estimate of drug-likeness (QED) is 0.660.